The topological polar surface area (TPSA) is 59.5 Å². The Morgan fingerprint density at radius 1 is 1.61 bits per heavy atom. The van der Waals surface area contributed by atoms with Crippen molar-refractivity contribution in [3.63, 3.8) is 0 Å². The summed E-state index contributed by atoms with van der Waals surface area (Å²) in [5.41, 5.74) is 6.28. The smallest absolute Gasteiger partial charge is 0.257 e. The molecular weight excluding hydrogens is 228 g/mol. The van der Waals surface area contributed by atoms with Gasteiger partial charge in [0.2, 0.25) is 0 Å². The Bertz CT molecular complexity index is 400. The molecule has 100 valence electrons. The van der Waals surface area contributed by atoms with Gasteiger partial charge < -0.3 is 15.1 Å². The molecule has 4 nitrogen and oxygen atoms in total. The third-order valence-corrected chi connectivity index (χ3v) is 3.68. The van der Waals surface area contributed by atoms with Gasteiger partial charge in [0.05, 0.1) is 11.8 Å². The predicted molar refractivity (Wildman–Crippen MR) is 70.4 cm³/mol. The highest BCUT2D eigenvalue weighted by molar-refractivity contribution is 5.95. The van der Waals surface area contributed by atoms with E-state index < -0.39 is 0 Å². The van der Waals surface area contributed by atoms with Crippen molar-refractivity contribution in [1.29, 1.82) is 0 Å². The van der Waals surface area contributed by atoms with Crippen molar-refractivity contribution in [3.05, 3.63) is 23.7 Å². The molecule has 1 aromatic rings. The fourth-order valence-corrected chi connectivity index (χ4v) is 2.72. The Morgan fingerprint density at radius 2 is 2.44 bits per heavy atom. The first kappa shape index (κ1) is 13.1. The van der Waals surface area contributed by atoms with Gasteiger partial charge in [-0.05, 0) is 38.3 Å². The van der Waals surface area contributed by atoms with Crippen molar-refractivity contribution >= 4 is 5.91 Å². The monoisotopic (exact) mass is 250 g/mol. The van der Waals surface area contributed by atoms with Gasteiger partial charge in [0.1, 0.15) is 5.76 Å². The van der Waals surface area contributed by atoms with E-state index in [2.05, 4.69) is 0 Å². The minimum Gasteiger partial charge on any atom is -0.469 e. The van der Waals surface area contributed by atoms with E-state index in [0.29, 0.717) is 12.6 Å². The fraction of sp³-hybridized carbons (Fsp3) is 0.643. The lowest BCUT2D eigenvalue weighted by molar-refractivity contribution is 0.0727. The van der Waals surface area contributed by atoms with Crippen LogP contribution in [0.15, 0.2) is 16.7 Å². The van der Waals surface area contributed by atoms with Crippen LogP contribution in [0.3, 0.4) is 0 Å². The van der Waals surface area contributed by atoms with Crippen molar-refractivity contribution in [2.75, 3.05) is 13.1 Å². The summed E-state index contributed by atoms with van der Waals surface area (Å²) in [4.78, 5) is 14.5. The molecule has 1 aliphatic heterocycles. The Hall–Kier alpha value is -1.29. The van der Waals surface area contributed by atoms with Gasteiger partial charge in [-0.2, -0.15) is 0 Å². The lowest BCUT2D eigenvalue weighted by Gasteiger charge is -2.24. The summed E-state index contributed by atoms with van der Waals surface area (Å²) in [7, 11) is 0. The minimum absolute atomic E-state index is 0.125. The summed E-state index contributed by atoms with van der Waals surface area (Å²) < 4.78 is 5.34. The second kappa shape index (κ2) is 6.05. The van der Waals surface area contributed by atoms with Crippen LogP contribution in [-0.2, 0) is 6.42 Å². The van der Waals surface area contributed by atoms with Crippen LogP contribution < -0.4 is 5.73 Å². The average Bonchev–Trinajstić information content (AvgIpc) is 3.03. The first-order valence-electron chi connectivity index (χ1n) is 6.85. The summed E-state index contributed by atoms with van der Waals surface area (Å²) >= 11 is 0. The molecule has 1 aliphatic rings. The van der Waals surface area contributed by atoms with E-state index >= 15 is 0 Å². The number of hydrogen-bond donors (Lipinski definition) is 1. The van der Waals surface area contributed by atoms with Crippen LogP contribution >= 0.6 is 0 Å². The molecule has 18 heavy (non-hydrogen) atoms. The fourth-order valence-electron chi connectivity index (χ4n) is 2.72. The normalized spacial score (nSPS) is 19.4. The van der Waals surface area contributed by atoms with Crippen LogP contribution in [0.2, 0.25) is 0 Å². The first-order valence-corrected chi connectivity index (χ1v) is 6.85. The summed E-state index contributed by atoms with van der Waals surface area (Å²) in [6, 6.07) is 2.15. The van der Waals surface area contributed by atoms with Gasteiger partial charge >= 0.3 is 0 Å². The number of carbonyl (C=O) groups is 1. The summed E-state index contributed by atoms with van der Waals surface area (Å²) in [6.07, 6.45) is 6.57. The highest BCUT2D eigenvalue weighted by Crippen LogP contribution is 2.25. The molecule has 1 saturated heterocycles. The maximum atomic E-state index is 12.5. The van der Waals surface area contributed by atoms with E-state index in [1.165, 1.54) is 0 Å². The molecule has 0 saturated carbocycles. The van der Waals surface area contributed by atoms with Gasteiger partial charge in [-0.3, -0.25) is 4.79 Å². The van der Waals surface area contributed by atoms with Gasteiger partial charge in [0, 0.05) is 19.0 Å². The first-order chi connectivity index (χ1) is 8.77. The lowest BCUT2D eigenvalue weighted by atomic mass is 10.1. The van der Waals surface area contributed by atoms with Crippen LogP contribution in [0.1, 0.15) is 48.7 Å². The molecule has 1 amide bonds. The third kappa shape index (κ3) is 2.58. The second-order valence-electron chi connectivity index (χ2n) is 4.84. The zero-order valence-corrected chi connectivity index (χ0v) is 11.0. The van der Waals surface area contributed by atoms with Crippen LogP contribution in [-0.4, -0.2) is 29.9 Å². The van der Waals surface area contributed by atoms with E-state index in [0.717, 1.165) is 50.0 Å². The largest absolute Gasteiger partial charge is 0.469 e. The number of likely N-dealkylation sites (tertiary alicyclic amines) is 1. The van der Waals surface area contributed by atoms with Crippen molar-refractivity contribution in [3.8, 4) is 0 Å². The minimum atomic E-state index is 0.125. The molecule has 0 radical (unpaired) electrons. The third-order valence-electron chi connectivity index (χ3n) is 3.68. The van der Waals surface area contributed by atoms with Crippen molar-refractivity contribution in [2.45, 2.75) is 45.1 Å². The quantitative estimate of drug-likeness (QED) is 0.871. The number of rotatable bonds is 5. The number of amides is 1. The van der Waals surface area contributed by atoms with Crippen LogP contribution in [0.25, 0.3) is 0 Å². The van der Waals surface area contributed by atoms with Crippen molar-refractivity contribution in [1.82, 2.24) is 4.90 Å². The van der Waals surface area contributed by atoms with Crippen molar-refractivity contribution in [2.24, 2.45) is 5.73 Å². The number of aryl methyl sites for hydroxylation is 1. The molecule has 0 spiro atoms. The van der Waals surface area contributed by atoms with E-state index in [4.69, 9.17) is 10.2 Å². The van der Waals surface area contributed by atoms with Crippen LogP contribution in [0, 0.1) is 0 Å². The van der Waals surface area contributed by atoms with Gasteiger partial charge in [-0.25, -0.2) is 0 Å². The van der Waals surface area contributed by atoms with Gasteiger partial charge in [0.25, 0.3) is 5.91 Å². The zero-order valence-electron chi connectivity index (χ0n) is 11.0. The van der Waals surface area contributed by atoms with E-state index in [9.17, 15) is 4.79 Å². The molecule has 0 aliphatic carbocycles. The average molecular weight is 250 g/mol. The number of nitrogens with zero attached hydrogens (tertiary/aromatic N) is 1. The van der Waals surface area contributed by atoms with Gasteiger partial charge in [0.15, 0.2) is 0 Å². The van der Waals surface area contributed by atoms with E-state index in [1.54, 1.807) is 12.3 Å². The van der Waals surface area contributed by atoms with Crippen LogP contribution in [0.5, 0.6) is 0 Å². The maximum absolute atomic E-state index is 12.5. The lowest BCUT2D eigenvalue weighted by Crippen LogP contribution is -2.36. The molecule has 2 heterocycles. The van der Waals surface area contributed by atoms with Gasteiger partial charge in [-0.1, -0.05) is 6.92 Å². The molecule has 1 atom stereocenters. The summed E-state index contributed by atoms with van der Waals surface area (Å²) in [5.74, 6) is 0.921. The van der Waals surface area contributed by atoms with Crippen molar-refractivity contribution < 1.29 is 9.21 Å². The zero-order chi connectivity index (χ0) is 13.0. The van der Waals surface area contributed by atoms with Crippen LogP contribution in [0.4, 0.5) is 0 Å². The highest BCUT2D eigenvalue weighted by Gasteiger charge is 2.30. The molecular formula is C14H22N2O2. The van der Waals surface area contributed by atoms with Gasteiger partial charge in [-0.15, -0.1) is 0 Å². The molecule has 0 aromatic carbocycles. The standard InChI is InChI=1S/C14H22N2O2/c1-2-13-12(7-10-18-13)14(17)16-9-4-6-11(16)5-3-8-15/h7,10-11H,2-6,8-9,15H2,1H3. The Labute approximate surface area is 108 Å². The Morgan fingerprint density at radius 3 is 3.17 bits per heavy atom. The highest BCUT2D eigenvalue weighted by atomic mass is 16.3. The number of carbonyl (C=O) groups excluding carboxylic acids is 1. The molecule has 0 bridgehead atoms. The van der Waals surface area contributed by atoms with E-state index in [1.807, 2.05) is 11.8 Å². The molecule has 1 unspecified atom stereocenters. The number of hydrogen-bond acceptors (Lipinski definition) is 3. The Kier molecular flexibility index (Phi) is 4.42. The predicted octanol–water partition coefficient (Wildman–Crippen LogP) is 2.19. The molecule has 1 fully saturated rings. The SMILES string of the molecule is CCc1occc1C(=O)N1CCCC1CCCN. The maximum Gasteiger partial charge on any atom is 0.257 e. The molecule has 4 heteroatoms. The molecule has 2 rings (SSSR count). The number of nitrogens with two attached hydrogens (primary N) is 1. The second-order valence-corrected chi connectivity index (χ2v) is 4.84. The number of furan rings is 1. The molecule has 1 aromatic heterocycles. The van der Waals surface area contributed by atoms with E-state index in [-0.39, 0.29) is 5.91 Å². The Balaban J connectivity index is 2.08. The summed E-state index contributed by atoms with van der Waals surface area (Å²) in [5, 5.41) is 0. The molecule has 2 N–H and O–H groups in total. The summed E-state index contributed by atoms with van der Waals surface area (Å²) in [6.45, 7) is 3.57.